The summed E-state index contributed by atoms with van der Waals surface area (Å²) in [6.07, 6.45) is 0.0637. The summed E-state index contributed by atoms with van der Waals surface area (Å²) in [4.78, 5) is 0. The summed E-state index contributed by atoms with van der Waals surface area (Å²) in [5.74, 6) is 0.906. The van der Waals surface area contributed by atoms with Gasteiger partial charge in [-0.3, -0.25) is 0 Å². The second kappa shape index (κ2) is 6.39. The molecule has 0 saturated heterocycles. The van der Waals surface area contributed by atoms with Crippen LogP contribution < -0.4 is 10.1 Å². The third-order valence-electron chi connectivity index (χ3n) is 3.39. The maximum absolute atomic E-state index is 5.95. The van der Waals surface area contributed by atoms with E-state index in [4.69, 9.17) is 4.74 Å². The van der Waals surface area contributed by atoms with E-state index < -0.39 is 0 Å². The lowest BCUT2D eigenvalue weighted by Crippen LogP contribution is -2.12. The van der Waals surface area contributed by atoms with Crippen molar-refractivity contribution >= 4 is 0 Å². The van der Waals surface area contributed by atoms with Crippen LogP contribution in [0.3, 0.4) is 0 Å². The SMILES string of the molecule is CNC(C)c1ccc(OC(C)c2ccccc2)cc1. The fourth-order valence-corrected chi connectivity index (χ4v) is 2.00. The van der Waals surface area contributed by atoms with Crippen LogP contribution in [0.1, 0.15) is 37.1 Å². The first-order valence-corrected chi connectivity index (χ1v) is 6.69. The highest BCUT2D eigenvalue weighted by molar-refractivity contribution is 5.30. The minimum atomic E-state index is 0.0637. The molecule has 1 N–H and O–H groups in total. The Labute approximate surface area is 115 Å². The predicted octanol–water partition coefficient (Wildman–Crippen LogP) is 4.11. The molecule has 0 aromatic heterocycles. The molecule has 0 heterocycles. The first kappa shape index (κ1) is 13.6. The molecule has 100 valence electrons. The first-order chi connectivity index (χ1) is 9.20. The second-order valence-electron chi connectivity index (χ2n) is 4.75. The molecule has 0 radical (unpaired) electrons. The maximum atomic E-state index is 5.95. The molecule has 0 bridgehead atoms. The van der Waals surface area contributed by atoms with E-state index in [9.17, 15) is 0 Å². The third-order valence-corrected chi connectivity index (χ3v) is 3.39. The standard InChI is InChI=1S/C17H21NO/c1-13(18-3)15-9-11-17(12-10-15)19-14(2)16-7-5-4-6-8-16/h4-14,18H,1-3H3. The number of benzene rings is 2. The Balaban J connectivity index is 2.04. The van der Waals surface area contributed by atoms with Crippen LogP contribution in [0.5, 0.6) is 5.75 Å². The van der Waals surface area contributed by atoms with E-state index in [1.165, 1.54) is 11.1 Å². The lowest BCUT2D eigenvalue weighted by Gasteiger charge is -2.16. The summed E-state index contributed by atoms with van der Waals surface area (Å²) in [7, 11) is 1.96. The minimum Gasteiger partial charge on any atom is -0.486 e. The highest BCUT2D eigenvalue weighted by Gasteiger charge is 2.07. The molecule has 0 amide bonds. The molecule has 0 aliphatic rings. The van der Waals surface area contributed by atoms with E-state index >= 15 is 0 Å². The van der Waals surface area contributed by atoms with Crippen molar-refractivity contribution in [1.82, 2.24) is 5.32 Å². The zero-order valence-corrected chi connectivity index (χ0v) is 11.8. The molecule has 0 saturated carbocycles. The van der Waals surface area contributed by atoms with Gasteiger partial charge in [0.15, 0.2) is 0 Å². The van der Waals surface area contributed by atoms with Gasteiger partial charge in [-0.2, -0.15) is 0 Å². The van der Waals surface area contributed by atoms with Crippen molar-refractivity contribution in [1.29, 1.82) is 0 Å². The molecule has 2 unspecified atom stereocenters. The number of ether oxygens (including phenoxy) is 1. The van der Waals surface area contributed by atoms with Crippen molar-refractivity contribution < 1.29 is 4.74 Å². The number of nitrogens with one attached hydrogen (secondary N) is 1. The Hall–Kier alpha value is -1.80. The van der Waals surface area contributed by atoms with Crippen molar-refractivity contribution in [2.24, 2.45) is 0 Å². The minimum absolute atomic E-state index is 0.0637. The summed E-state index contributed by atoms with van der Waals surface area (Å²) in [6.45, 7) is 4.21. The van der Waals surface area contributed by atoms with E-state index in [1.807, 2.05) is 37.4 Å². The summed E-state index contributed by atoms with van der Waals surface area (Å²) in [5, 5.41) is 3.23. The summed E-state index contributed by atoms with van der Waals surface area (Å²) in [6, 6.07) is 18.9. The van der Waals surface area contributed by atoms with Crippen LogP contribution in [0.2, 0.25) is 0 Å². The highest BCUT2D eigenvalue weighted by atomic mass is 16.5. The van der Waals surface area contributed by atoms with E-state index in [-0.39, 0.29) is 6.10 Å². The van der Waals surface area contributed by atoms with Crippen LogP contribution in [-0.4, -0.2) is 7.05 Å². The quantitative estimate of drug-likeness (QED) is 0.868. The van der Waals surface area contributed by atoms with Gasteiger partial charge in [-0.05, 0) is 44.2 Å². The van der Waals surface area contributed by atoms with E-state index in [0.717, 1.165) is 5.75 Å². The molecule has 0 fully saturated rings. The van der Waals surface area contributed by atoms with E-state index in [0.29, 0.717) is 6.04 Å². The molecule has 19 heavy (non-hydrogen) atoms. The van der Waals surface area contributed by atoms with Crippen LogP contribution in [0, 0.1) is 0 Å². The summed E-state index contributed by atoms with van der Waals surface area (Å²) >= 11 is 0. The largest absolute Gasteiger partial charge is 0.486 e. The van der Waals surface area contributed by atoms with Gasteiger partial charge in [0.05, 0.1) is 0 Å². The highest BCUT2D eigenvalue weighted by Crippen LogP contribution is 2.23. The second-order valence-corrected chi connectivity index (χ2v) is 4.75. The van der Waals surface area contributed by atoms with E-state index in [1.54, 1.807) is 0 Å². The molecular formula is C17H21NO. The Bertz CT molecular complexity index is 492. The van der Waals surface area contributed by atoms with Gasteiger partial charge in [0.2, 0.25) is 0 Å². The summed E-state index contributed by atoms with van der Waals surface area (Å²) < 4.78 is 5.95. The number of hydrogen-bond donors (Lipinski definition) is 1. The number of hydrogen-bond acceptors (Lipinski definition) is 2. The molecule has 2 heteroatoms. The molecule has 2 atom stereocenters. The summed E-state index contributed by atoms with van der Waals surface area (Å²) in [5.41, 5.74) is 2.46. The normalized spacial score (nSPS) is 13.8. The fraction of sp³-hybridized carbons (Fsp3) is 0.294. The van der Waals surface area contributed by atoms with Gasteiger partial charge in [-0.1, -0.05) is 42.5 Å². The van der Waals surface area contributed by atoms with Gasteiger partial charge >= 0.3 is 0 Å². The zero-order chi connectivity index (χ0) is 13.7. The molecule has 2 nitrogen and oxygen atoms in total. The Morgan fingerprint density at radius 1 is 0.842 bits per heavy atom. The van der Waals surface area contributed by atoms with Crippen LogP contribution in [0.25, 0.3) is 0 Å². The van der Waals surface area contributed by atoms with Gasteiger partial charge in [-0.15, -0.1) is 0 Å². The van der Waals surface area contributed by atoms with Crippen molar-refractivity contribution in [2.45, 2.75) is 26.0 Å². The number of rotatable bonds is 5. The fourth-order valence-electron chi connectivity index (χ4n) is 2.00. The van der Waals surface area contributed by atoms with Crippen molar-refractivity contribution in [3.63, 3.8) is 0 Å². The lowest BCUT2D eigenvalue weighted by atomic mass is 10.1. The molecule has 2 aromatic carbocycles. The smallest absolute Gasteiger partial charge is 0.121 e. The molecule has 0 aliphatic carbocycles. The van der Waals surface area contributed by atoms with Gasteiger partial charge in [0.25, 0.3) is 0 Å². The van der Waals surface area contributed by atoms with Crippen molar-refractivity contribution in [2.75, 3.05) is 7.05 Å². The van der Waals surface area contributed by atoms with Gasteiger partial charge in [0, 0.05) is 6.04 Å². The maximum Gasteiger partial charge on any atom is 0.121 e. The molecule has 0 aliphatic heterocycles. The van der Waals surface area contributed by atoms with Gasteiger partial charge < -0.3 is 10.1 Å². The topological polar surface area (TPSA) is 21.3 Å². The van der Waals surface area contributed by atoms with Gasteiger partial charge in [0.1, 0.15) is 11.9 Å². The monoisotopic (exact) mass is 255 g/mol. The Morgan fingerprint density at radius 3 is 2.05 bits per heavy atom. The average molecular weight is 255 g/mol. The molecule has 0 spiro atoms. The molecule has 2 rings (SSSR count). The Kier molecular flexibility index (Phi) is 4.58. The van der Waals surface area contributed by atoms with Crippen LogP contribution >= 0.6 is 0 Å². The van der Waals surface area contributed by atoms with Crippen LogP contribution in [0.15, 0.2) is 54.6 Å². The average Bonchev–Trinajstić information content (AvgIpc) is 2.48. The van der Waals surface area contributed by atoms with E-state index in [2.05, 4.69) is 43.4 Å². The van der Waals surface area contributed by atoms with Crippen molar-refractivity contribution in [3.05, 3.63) is 65.7 Å². The Morgan fingerprint density at radius 2 is 1.47 bits per heavy atom. The molecular weight excluding hydrogens is 234 g/mol. The molecule has 2 aromatic rings. The van der Waals surface area contributed by atoms with Crippen molar-refractivity contribution in [3.8, 4) is 5.75 Å². The van der Waals surface area contributed by atoms with Crippen LogP contribution in [-0.2, 0) is 0 Å². The van der Waals surface area contributed by atoms with Crippen LogP contribution in [0.4, 0.5) is 0 Å². The predicted molar refractivity (Wildman–Crippen MR) is 79.4 cm³/mol. The van der Waals surface area contributed by atoms with Gasteiger partial charge in [-0.25, -0.2) is 0 Å². The zero-order valence-electron chi connectivity index (χ0n) is 11.8. The first-order valence-electron chi connectivity index (χ1n) is 6.69. The third kappa shape index (κ3) is 3.58. The lowest BCUT2D eigenvalue weighted by molar-refractivity contribution is 0.227.